The number of benzene rings is 1. The van der Waals surface area contributed by atoms with Crippen molar-refractivity contribution in [2.45, 2.75) is 0 Å². The summed E-state index contributed by atoms with van der Waals surface area (Å²) in [6.07, 6.45) is 0. The van der Waals surface area contributed by atoms with Crippen molar-refractivity contribution in [3.63, 3.8) is 0 Å². The van der Waals surface area contributed by atoms with Crippen LogP contribution in [-0.2, 0) is 0 Å². The fraction of sp³-hybridized carbons (Fsp3) is 0. The normalized spacial score (nSPS) is 13.9. The molecular formula is C44H24F12O8P2. The number of hydrogen-bond donors (Lipinski definition) is 0. The third-order valence-electron chi connectivity index (χ3n) is 9.16. The Morgan fingerprint density at radius 1 is 0.288 bits per heavy atom. The topological polar surface area (TPSA) is 121 Å². The van der Waals surface area contributed by atoms with Gasteiger partial charge < -0.3 is 17.7 Å². The van der Waals surface area contributed by atoms with Gasteiger partial charge in [-0.15, -0.1) is 0 Å². The summed E-state index contributed by atoms with van der Waals surface area (Å²) >= 11 is 0. The van der Waals surface area contributed by atoms with Crippen molar-refractivity contribution >= 4 is 15.6 Å². The molecule has 8 aliphatic rings. The maximum absolute atomic E-state index is 13.7. The van der Waals surface area contributed by atoms with Crippen LogP contribution in [0.5, 0.6) is 0 Å². The van der Waals surface area contributed by atoms with E-state index in [2.05, 4.69) is 0 Å². The summed E-state index contributed by atoms with van der Waals surface area (Å²) < 4.78 is 141. The third kappa shape index (κ3) is 11.7. The summed E-state index contributed by atoms with van der Waals surface area (Å²) in [6, 6.07) is 42.3. The second kappa shape index (κ2) is 15.1. The van der Waals surface area contributed by atoms with Crippen LogP contribution in [0.2, 0.25) is 0 Å². The van der Waals surface area contributed by atoms with Gasteiger partial charge in [0.1, 0.15) is 0 Å². The van der Waals surface area contributed by atoms with Crippen molar-refractivity contribution in [2.75, 3.05) is 0 Å². The average molecular weight is 971 g/mol. The fourth-order valence-corrected chi connectivity index (χ4v) is 6.93. The maximum Gasteiger partial charge on any atom is 0.394 e. The standard InChI is InChI=1S/C44H24O8.2F6P/c45-41-37(27-13-5-1-9-17-31(27)49-41)35(38-28-14-6-2-10-18-32(28)50-42(38)46)25-21-23-26(24-22-25)36(39-29-15-7-3-11-19-33(29)51-43(39)47)40-30-16-8-4-12-20-34(30)52-44(40)48;2*1-7(2,3,4,5)6/h1-24H;;/q+2;2*-1. The summed E-state index contributed by atoms with van der Waals surface area (Å²) in [5.74, 6) is 2.04. The van der Waals surface area contributed by atoms with Gasteiger partial charge in [-0.05, 0) is 48.5 Å². The Bertz CT molecular complexity index is 2950. The Hall–Kier alpha value is -7.30. The Labute approximate surface area is 360 Å². The summed E-state index contributed by atoms with van der Waals surface area (Å²) in [4.78, 5) is 54.8. The van der Waals surface area contributed by atoms with Crippen LogP contribution in [-0.4, -0.2) is 0 Å². The van der Waals surface area contributed by atoms with Crippen LogP contribution in [0.1, 0.15) is 33.4 Å². The van der Waals surface area contributed by atoms with E-state index >= 15 is 0 Å². The van der Waals surface area contributed by atoms with Crippen LogP contribution in [0.15, 0.2) is 182 Å². The molecule has 0 radical (unpaired) electrons. The summed E-state index contributed by atoms with van der Waals surface area (Å²) in [7, 11) is -21.3. The molecule has 0 fully saturated rings. The molecule has 0 unspecified atom stereocenters. The van der Waals surface area contributed by atoms with Gasteiger partial charge in [0, 0.05) is 24.3 Å². The molecule has 66 heavy (non-hydrogen) atoms. The first kappa shape index (κ1) is 46.7. The largest absolute Gasteiger partial charge is 0.394 e. The van der Waals surface area contributed by atoms with Crippen LogP contribution in [0, 0.1) is 11.8 Å². The molecule has 8 nitrogen and oxygen atoms in total. The van der Waals surface area contributed by atoms with E-state index in [-0.39, 0.29) is 22.3 Å². The number of furan rings is 4. The molecule has 4 aliphatic carbocycles. The summed E-state index contributed by atoms with van der Waals surface area (Å²) in [5.41, 5.74) is 1.33. The van der Waals surface area contributed by atoms with E-state index in [0.717, 1.165) is 0 Å². The quantitative estimate of drug-likeness (QED) is 0.0917. The van der Waals surface area contributed by atoms with Gasteiger partial charge in [-0.1, -0.05) is 72.8 Å². The van der Waals surface area contributed by atoms with Crippen LogP contribution in [0.25, 0.3) is 45.3 Å². The zero-order valence-electron chi connectivity index (χ0n) is 32.6. The molecule has 0 N–H and O–H groups in total. The Morgan fingerprint density at radius 3 is 0.667 bits per heavy atom. The first-order valence-corrected chi connectivity index (χ1v) is 22.5. The van der Waals surface area contributed by atoms with E-state index in [1.54, 1.807) is 121 Å². The van der Waals surface area contributed by atoms with Crippen LogP contribution in [0.4, 0.5) is 50.4 Å². The van der Waals surface area contributed by atoms with Gasteiger partial charge in [-0.2, -0.15) is 0 Å². The summed E-state index contributed by atoms with van der Waals surface area (Å²) in [5, 5.41) is 0. The van der Waals surface area contributed by atoms with Gasteiger partial charge in [-0.25, -0.2) is 19.2 Å². The molecule has 0 amide bonds. The monoisotopic (exact) mass is 970 g/mol. The first-order valence-electron chi connectivity index (χ1n) is 18.4. The molecule has 1 aromatic carbocycles. The molecular weight excluding hydrogens is 946 g/mol. The van der Waals surface area contributed by atoms with E-state index in [4.69, 9.17) is 17.7 Å². The van der Waals surface area contributed by atoms with E-state index < -0.39 is 38.1 Å². The number of rotatable bonds is 6. The van der Waals surface area contributed by atoms with Crippen LogP contribution >= 0.6 is 15.6 Å². The van der Waals surface area contributed by atoms with Gasteiger partial charge in [0.25, 0.3) is 0 Å². The Balaban J connectivity index is 0.000000404. The smallest absolute Gasteiger partial charge is 0.390 e. The SMILES string of the molecule is F[P-](F)(F)(F)(F)F.F[P-](F)(F)(F)(F)F.O=c1oc2cccccc-2c1[C+](c1ccc([C+](c2c3cccccc-3oc2=O)c2c3cccccc-3oc2=O)cc1)c1c2cccccc-2oc1=O. The predicted octanol–water partition coefficient (Wildman–Crippen LogP) is 14.7. The Kier molecular flexibility index (Phi) is 10.7. The predicted molar refractivity (Wildman–Crippen MR) is 221 cm³/mol. The molecule has 0 aromatic heterocycles. The maximum atomic E-state index is 13.7. The minimum Gasteiger partial charge on any atom is -0.390 e. The molecule has 22 heteroatoms. The first-order chi connectivity index (χ1) is 30.4. The van der Waals surface area contributed by atoms with Crippen molar-refractivity contribution in [1.29, 1.82) is 0 Å². The Morgan fingerprint density at radius 2 is 0.470 bits per heavy atom. The minimum absolute atomic E-state index is 0.194. The average Bonchev–Trinajstić information content (AvgIpc) is 3.54. The van der Waals surface area contributed by atoms with E-state index in [1.165, 1.54) is 0 Å². The van der Waals surface area contributed by atoms with Crippen molar-refractivity contribution in [3.8, 4) is 45.3 Å². The zero-order chi connectivity index (χ0) is 48.2. The molecule has 0 atom stereocenters. The van der Waals surface area contributed by atoms with Crippen molar-refractivity contribution in [1.82, 2.24) is 0 Å². The zero-order valence-corrected chi connectivity index (χ0v) is 34.3. The van der Waals surface area contributed by atoms with E-state index in [1.807, 2.05) is 24.3 Å². The molecule has 0 spiro atoms. The minimum atomic E-state index is -10.7. The number of fused-ring (bicyclic) bond motifs is 4. The van der Waals surface area contributed by atoms with E-state index in [0.29, 0.717) is 68.3 Å². The van der Waals surface area contributed by atoms with Gasteiger partial charge in [0.15, 0.2) is 45.3 Å². The van der Waals surface area contributed by atoms with Crippen molar-refractivity contribution in [2.24, 2.45) is 0 Å². The molecule has 1 aromatic rings. The van der Waals surface area contributed by atoms with Gasteiger partial charge in [-0.3, -0.25) is 0 Å². The second-order valence-electron chi connectivity index (χ2n) is 14.1. The molecule has 0 saturated carbocycles. The number of hydrogen-bond acceptors (Lipinski definition) is 8. The molecule has 0 saturated heterocycles. The summed E-state index contributed by atoms with van der Waals surface area (Å²) in [6.45, 7) is 0. The van der Waals surface area contributed by atoms with Crippen LogP contribution < -0.4 is 22.5 Å². The molecule has 0 bridgehead atoms. The number of halogens is 12. The van der Waals surface area contributed by atoms with Gasteiger partial charge in [0.2, 0.25) is 0 Å². The molecule has 9 rings (SSSR count). The van der Waals surface area contributed by atoms with Gasteiger partial charge in [0.05, 0.1) is 45.2 Å². The molecule has 4 heterocycles. The van der Waals surface area contributed by atoms with E-state index in [9.17, 15) is 69.5 Å². The third-order valence-corrected chi connectivity index (χ3v) is 9.16. The van der Waals surface area contributed by atoms with Crippen LogP contribution in [0.3, 0.4) is 0 Å². The van der Waals surface area contributed by atoms with Crippen molar-refractivity contribution < 1.29 is 68.0 Å². The van der Waals surface area contributed by atoms with Gasteiger partial charge >= 0.3 is 88.5 Å². The molecule has 342 valence electrons. The molecule has 4 aliphatic heterocycles. The fourth-order valence-electron chi connectivity index (χ4n) is 6.93. The van der Waals surface area contributed by atoms with Crippen molar-refractivity contribution in [3.05, 3.63) is 232 Å². The second-order valence-corrected chi connectivity index (χ2v) is 17.9.